The van der Waals surface area contributed by atoms with E-state index in [-0.39, 0.29) is 11.2 Å². The summed E-state index contributed by atoms with van der Waals surface area (Å²) >= 11 is 1.69. The summed E-state index contributed by atoms with van der Waals surface area (Å²) in [5, 5.41) is -0.0318. The van der Waals surface area contributed by atoms with Gasteiger partial charge in [0.1, 0.15) is 0 Å². The standard InChI is InChI=1S/C19H23NOS/c1-15-9-11-17(12-10-15)13-20(3)19(21)16(2)22-14-18-7-5-4-6-8-18/h4-12,16H,13-14H2,1-3H3/t16-/m0/s1. The van der Waals surface area contributed by atoms with Crippen molar-refractivity contribution in [1.82, 2.24) is 4.90 Å². The van der Waals surface area contributed by atoms with E-state index < -0.39 is 0 Å². The van der Waals surface area contributed by atoms with Crippen molar-refractivity contribution in [2.45, 2.75) is 31.4 Å². The van der Waals surface area contributed by atoms with E-state index in [9.17, 15) is 4.79 Å². The largest absolute Gasteiger partial charge is 0.340 e. The summed E-state index contributed by atoms with van der Waals surface area (Å²) < 4.78 is 0. The van der Waals surface area contributed by atoms with E-state index in [0.29, 0.717) is 6.54 Å². The molecule has 0 saturated heterocycles. The minimum atomic E-state index is -0.0318. The van der Waals surface area contributed by atoms with Gasteiger partial charge in [0.2, 0.25) is 5.91 Å². The van der Waals surface area contributed by atoms with Crippen LogP contribution in [-0.4, -0.2) is 23.1 Å². The van der Waals surface area contributed by atoms with Crippen molar-refractivity contribution in [1.29, 1.82) is 0 Å². The average Bonchev–Trinajstić information content (AvgIpc) is 2.55. The first kappa shape index (κ1) is 16.6. The second kappa shape index (κ2) is 8.04. The maximum atomic E-state index is 12.4. The van der Waals surface area contributed by atoms with Crippen molar-refractivity contribution in [3.63, 3.8) is 0 Å². The quantitative estimate of drug-likeness (QED) is 0.793. The molecule has 2 rings (SSSR count). The van der Waals surface area contributed by atoms with Crippen LogP contribution < -0.4 is 0 Å². The first-order valence-electron chi connectivity index (χ1n) is 7.52. The number of carbonyl (C=O) groups excluding carboxylic acids is 1. The van der Waals surface area contributed by atoms with Crippen LogP contribution in [0.1, 0.15) is 23.6 Å². The van der Waals surface area contributed by atoms with Crippen molar-refractivity contribution in [3.8, 4) is 0 Å². The number of nitrogens with zero attached hydrogens (tertiary/aromatic N) is 1. The maximum Gasteiger partial charge on any atom is 0.235 e. The first-order valence-corrected chi connectivity index (χ1v) is 8.57. The summed E-state index contributed by atoms with van der Waals surface area (Å²) in [6.07, 6.45) is 0. The molecule has 0 aromatic heterocycles. The third-order valence-electron chi connectivity index (χ3n) is 3.61. The number of rotatable bonds is 6. The molecule has 0 spiro atoms. The number of carbonyl (C=O) groups is 1. The smallest absolute Gasteiger partial charge is 0.235 e. The van der Waals surface area contributed by atoms with Crippen molar-refractivity contribution in [2.75, 3.05) is 7.05 Å². The van der Waals surface area contributed by atoms with Crippen molar-refractivity contribution < 1.29 is 4.79 Å². The van der Waals surface area contributed by atoms with Crippen molar-refractivity contribution >= 4 is 17.7 Å². The zero-order valence-electron chi connectivity index (χ0n) is 13.5. The van der Waals surface area contributed by atoms with E-state index in [2.05, 4.69) is 43.3 Å². The molecule has 2 nitrogen and oxygen atoms in total. The van der Waals surface area contributed by atoms with Crippen molar-refractivity contribution in [3.05, 3.63) is 71.3 Å². The topological polar surface area (TPSA) is 20.3 Å². The summed E-state index contributed by atoms with van der Waals surface area (Å²) in [6, 6.07) is 18.6. The Hall–Kier alpha value is -1.74. The predicted molar refractivity (Wildman–Crippen MR) is 94.9 cm³/mol. The third-order valence-corrected chi connectivity index (χ3v) is 4.81. The number of amides is 1. The maximum absolute atomic E-state index is 12.4. The van der Waals surface area contributed by atoms with E-state index in [1.807, 2.05) is 37.1 Å². The van der Waals surface area contributed by atoms with E-state index >= 15 is 0 Å². The van der Waals surface area contributed by atoms with Gasteiger partial charge in [-0.3, -0.25) is 4.79 Å². The van der Waals surface area contributed by atoms with Gasteiger partial charge in [0, 0.05) is 19.3 Å². The van der Waals surface area contributed by atoms with Gasteiger partial charge in [0.15, 0.2) is 0 Å². The second-order valence-corrected chi connectivity index (χ2v) is 6.95. The Labute approximate surface area is 137 Å². The highest BCUT2D eigenvalue weighted by Gasteiger charge is 2.18. The Morgan fingerprint density at radius 1 is 1.05 bits per heavy atom. The van der Waals surface area contributed by atoms with Gasteiger partial charge in [-0.05, 0) is 25.0 Å². The van der Waals surface area contributed by atoms with Crippen LogP contribution in [0, 0.1) is 6.92 Å². The lowest BCUT2D eigenvalue weighted by atomic mass is 10.1. The summed E-state index contributed by atoms with van der Waals surface area (Å²) in [5.74, 6) is 1.05. The lowest BCUT2D eigenvalue weighted by Gasteiger charge is -2.21. The van der Waals surface area contributed by atoms with Crippen LogP contribution in [0.5, 0.6) is 0 Å². The van der Waals surface area contributed by atoms with Gasteiger partial charge in [-0.25, -0.2) is 0 Å². The van der Waals surface area contributed by atoms with Crippen LogP contribution in [0.15, 0.2) is 54.6 Å². The Morgan fingerprint density at radius 2 is 1.68 bits per heavy atom. The average molecular weight is 313 g/mol. The predicted octanol–water partition coefficient (Wildman–Crippen LogP) is 4.28. The molecule has 1 amide bonds. The van der Waals surface area contributed by atoms with Crippen LogP contribution >= 0.6 is 11.8 Å². The van der Waals surface area contributed by atoms with Gasteiger partial charge in [-0.15, -0.1) is 11.8 Å². The fourth-order valence-electron chi connectivity index (χ4n) is 2.22. The Bertz CT molecular complexity index is 595. The molecule has 0 aliphatic heterocycles. The molecule has 0 aliphatic carbocycles. The summed E-state index contributed by atoms with van der Waals surface area (Å²) in [6.45, 7) is 4.72. The van der Waals surface area contributed by atoms with Gasteiger partial charge in [0.25, 0.3) is 0 Å². The molecule has 0 aliphatic rings. The van der Waals surface area contributed by atoms with Crippen LogP contribution in [0.3, 0.4) is 0 Å². The fourth-order valence-corrected chi connectivity index (χ4v) is 3.18. The fraction of sp³-hybridized carbons (Fsp3) is 0.316. The number of aryl methyl sites for hydroxylation is 1. The summed E-state index contributed by atoms with van der Waals surface area (Å²) in [5.41, 5.74) is 3.67. The SMILES string of the molecule is Cc1ccc(CN(C)C(=O)[C@H](C)SCc2ccccc2)cc1. The summed E-state index contributed by atoms with van der Waals surface area (Å²) in [4.78, 5) is 14.3. The molecule has 0 fully saturated rings. The Kier molecular flexibility index (Phi) is 6.08. The highest BCUT2D eigenvalue weighted by Crippen LogP contribution is 2.19. The molecule has 22 heavy (non-hydrogen) atoms. The van der Waals surface area contributed by atoms with Crippen molar-refractivity contribution in [2.24, 2.45) is 0 Å². The zero-order valence-corrected chi connectivity index (χ0v) is 14.3. The van der Waals surface area contributed by atoms with Gasteiger partial charge in [-0.2, -0.15) is 0 Å². The first-order chi connectivity index (χ1) is 10.6. The Balaban J connectivity index is 1.85. The lowest BCUT2D eigenvalue weighted by molar-refractivity contribution is -0.129. The molecule has 0 unspecified atom stereocenters. The zero-order chi connectivity index (χ0) is 15.9. The molecule has 0 heterocycles. The second-order valence-electron chi connectivity index (χ2n) is 5.62. The molecule has 0 bridgehead atoms. The molecule has 1 atom stereocenters. The molecule has 0 N–H and O–H groups in total. The van der Waals surface area contributed by atoms with Crippen LogP contribution in [0.25, 0.3) is 0 Å². The van der Waals surface area contributed by atoms with E-state index in [1.165, 1.54) is 16.7 Å². The molecule has 0 saturated carbocycles. The number of hydrogen-bond donors (Lipinski definition) is 0. The number of thioether (sulfide) groups is 1. The van der Waals surface area contributed by atoms with Gasteiger partial charge >= 0.3 is 0 Å². The molecular formula is C19H23NOS. The Morgan fingerprint density at radius 3 is 2.32 bits per heavy atom. The highest BCUT2D eigenvalue weighted by molar-refractivity contribution is 7.99. The van der Waals surface area contributed by atoms with Gasteiger partial charge < -0.3 is 4.90 Å². The van der Waals surface area contributed by atoms with Gasteiger partial charge in [-0.1, -0.05) is 60.2 Å². The number of hydrogen-bond acceptors (Lipinski definition) is 2. The van der Waals surface area contributed by atoms with Gasteiger partial charge in [0.05, 0.1) is 5.25 Å². The highest BCUT2D eigenvalue weighted by atomic mass is 32.2. The molecule has 116 valence electrons. The van der Waals surface area contributed by atoms with E-state index in [4.69, 9.17) is 0 Å². The third kappa shape index (κ3) is 4.92. The minimum Gasteiger partial charge on any atom is -0.340 e. The normalized spacial score (nSPS) is 12.0. The number of benzene rings is 2. The molecule has 3 heteroatoms. The molecule has 2 aromatic rings. The summed E-state index contributed by atoms with van der Waals surface area (Å²) in [7, 11) is 1.88. The van der Waals surface area contributed by atoms with Crippen LogP contribution in [0.4, 0.5) is 0 Å². The van der Waals surface area contributed by atoms with Crippen LogP contribution in [0.2, 0.25) is 0 Å². The van der Waals surface area contributed by atoms with E-state index in [1.54, 1.807) is 11.8 Å². The monoisotopic (exact) mass is 313 g/mol. The minimum absolute atomic E-state index is 0.0318. The van der Waals surface area contributed by atoms with E-state index in [0.717, 1.165) is 5.75 Å². The molecule has 2 aromatic carbocycles. The molecular weight excluding hydrogens is 290 g/mol. The molecule has 0 radical (unpaired) electrons. The lowest BCUT2D eigenvalue weighted by Crippen LogP contribution is -2.32. The van der Waals surface area contributed by atoms with Crippen LogP contribution in [-0.2, 0) is 17.1 Å².